The van der Waals surface area contributed by atoms with E-state index in [-0.39, 0.29) is 11.7 Å². The molecule has 0 aromatic carbocycles. The minimum absolute atomic E-state index is 0.130. The zero-order valence-electron chi connectivity index (χ0n) is 12.4. The number of aromatic nitrogens is 4. The van der Waals surface area contributed by atoms with E-state index in [1.807, 2.05) is 0 Å². The second-order valence-electron chi connectivity index (χ2n) is 5.45. The molecule has 1 aliphatic heterocycles. The van der Waals surface area contributed by atoms with Gasteiger partial charge in [-0.1, -0.05) is 0 Å². The van der Waals surface area contributed by atoms with E-state index in [0.717, 1.165) is 17.4 Å². The number of nitrogens with one attached hydrogen (secondary N) is 1. The number of hydrogen-bond acceptors (Lipinski definition) is 6. The maximum Gasteiger partial charge on any atom is 0.299 e. The van der Waals surface area contributed by atoms with Crippen molar-refractivity contribution in [2.75, 3.05) is 24.7 Å². The molecule has 1 fully saturated rings. The lowest BCUT2D eigenvalue weighted by atomic mass is 10.1. The maximum absolute atomic E-state index is 12.8. The number of anilines is 1. The Morgan fingerprint density at radius 3 is 2.83 bits per heavy atom. The van der Waals surface area contributed by atoms with Gasteiger partial charge >= 0.3 is 0 Å². The van der Waals surface area contributed by atoms with Crippen molar-refractivity contribution < 1.29 is 17.2 Å². The van der Waals surface area contributed by atoms with Gasteiger partial charge in [-0.05, 0) is 25.0 Å². The van der Waals surface area contributed by atoms with Crippen LogP contribution in [0.1, 0.15) is 25.1 Å². The third kappa shape index (κ3) is 3.39. The lowest BCUT2D eigenvalue weighted by Crippen LogP contribution is -2.44. The summed E-state index contributed by atoms with van der Waals surface area (Å²) < 4.78 is 51.3. The van der Waals surface area contributed by atoms with Gasteiger partial charge in [-0.25, -0.2) is 21.5 Å². The van der Waals surface area contributed by atoms with Crippen molar-refractivity contribution in [3.05, 3.63) is 18.0 Å². The molecule has 0 amide bonds. The van der Waals surface area contributed by atoms with Gasteiger partial charge in [0, 0.05) is 19.1 Å². The summed E-state index contributed by atoms with van der Waals surface area (Å²) >= 11 is 0. The highest BCUT2D eigenvalue weighted by atomic mass is 32.2. The van der Waals surface area contributed by atoms with E-state index >= 15 is 0 Å². The van der Waals surface area contributed by atoms with Gasteiger partial charge in [0.05, 0.1) is 6.26 Å². The summed E-state index contributed by atoms with van der Waals surface area (Å²) in [6.45, 7) is 0.812. The van der Waals surface area contributed by atoms with E-state index in [2.05, 4.69) is 20.6 Å². The summed E-state index contributed by atoms with van der Waals surface area (Å²) in [6.07, 6.45) is -0.105. The second kappa shape index (κ2) is 5.96. The lowest BCUT2D eigenvalue weighted by molar-refractivity contribution is 0.137. The van der Waals surface area contributed by atoms with Gasteiger partial charge in [0.25, 0.3) is 6.43 Å². The lowest BCUT2D eigenvalue weighted by Gasteiger charge is -2.31. The van der Waals surface area contributed by atoms with E-state index in [1.54, 1.807) is 6.07 Å². The highest BCUT2D eigenvalue weighted by Gasteiger charge is 2.26. The Kier molecular flexibility index (Phi) is 4.15. The number of nitrogens with zero attached hydrogens (tertiary/aromatic N) is 5. The molecule has 3 rings (SSSR count). The van der Waals surface area contributed by atoms with Gasteiger partial charge < -0.3 is 5.32 Å². The van der Waals surface area contributed by atoms with E-state index in [4.69, 9.17) is 0 Å². The van der Waals surface area contributed by atoms with Crippen LogP contribution in [0.5, 0.6) is 0 Å². The Morgan fingerprint density at radius 1 is 1.35 bits per heavy atom. The summed E-state index contributed by atoms with van der Waals surface area (Å²) in [5.74, 6) is -0.149. The summed E-state index contributed by atoms with van der Waals surface area (Å²) in [6, 6.07) is 3.01. The van der Waals surface area contributed by atoms with Crippen LogP contribution in [-0.4, -0.2) is 57.9 Å². The summed E-state index contributed by atoms with van der Waals surface area (Å²) in [5.41, 5.74) is 0.229. The monoisotopic (exact) mass is 346 g/mol. The van der Waals surface area contributed by atoms with Crippen LogP contribution in [0, 0.1) is 0 Å². The molecule has 0 bridgehead atoms. The molecule has 1 atom stereocenters. The van der Waals surface area contributed by atoms with Gasteiger partial charge in [0.2, 0.25) is 15.8 Å². The molecule has 0 aliphatic carbocycles. The van der Waals surface area contributed by atoms with Gasteiger partial charge in [-0.15, -0.1) is 15.3 Å². The number of rotatable bonds is 4. The number of alkyl halides is 2. The van der Waals surface area contributed by atoms with E-state index in [0.29, 0.717) is 18.9 Å². The molecule has 1 N–H and O–H groups in total. The van der Waals surface area contributed by atoms with Crippen molar-refractivity contribution in [3.8, 4) is 0 Å². The summed E-state index contributed by atoms with van der Waals surface area (Å²) in [7, 11) is -3.25. The second-order valence-corrected chi connectivity index (χ2v) is 7.43. The summed E-state index contributed by atoms with van der Waals surface area (Å²) in [4.78, 5) is 0. The van der Waals surface area contributed by atoms with Crippen molar-refractivity contribution in [3.63, 3.8) is 0 Å². The van der Waals surface area contributed by atoms with Crippen LogP contribution in [0.4, 0.5) is 14.6 Å². The topological polar surface area (TPSA) is 92.5 Å². The molecule has 2 aromatic rings. The van der Waals surface area contributed by atoms with Crippen molar-refractivity contribution >= 4 is 21.5 Å². The molecule has 3 heterocycles. The molecule has 126 valence electrons. The first-order valence-electron chi connectivity index (χ1n) is 7.07. The fraction of sp³-hybridized carbons (Fsp3) is 0.583. The van der Waals surface area contributed by atoms with Crippen molar-refractivity contribution in [2.45, 2.75) is 25.3 Å². The highest BCUT2D eigenvalue weighted by molar-refractivity contribution is 7.88. The first-order chi connectivity index (χ1) is 10.8. The third-order valence-corrected chi connectivity index (χ3v) is 4.96. The van der Waals surface area contributed by atoms with Gasteiger partial charge in [-0.2, -0.15) is 4.52 Å². The number of hydrogen-bond donors (Lipinski definition) is 1. The molecule has 1 aliphatic rings. The Labute approximate surface area is 131 Å². The van der Waals surface area contributed by atoms with Crippen molar-refractivity contribution in [1.29, 1.82) is 0 Å². The first-order valence-corrected chi connectivity index (χ1v) is 8.91. The smallest absolute Gasteiger partial charge is 0.299 e. The van der Waals surface area contributed by atoms with Crippen molar-refractivity contribution in [1.82, 2.24) is 24.1 Å². The van der Waals surface area contributed by atoms with E-state index in [1.165, 1.54) is 16.6 Å². The average Bonchev–Trinajstić information content (AvgIpc) is 2.90. The number of fused-ring (bicyclic) bond motifs is 1. The average molecular weight is 346 g/mol. The van der Waals surface area contributed by atoms with Gasteiger partial charge in [0.15, 0.2) is 5.65 Å². The largest absolute Gasteiger partial charge is 0.365 e. The molecule has 8 nitrogen and oxygen atoms in total. The molecule has 1 saturated heterocycles. The van der Waals surface area contributed by atoms with E-state index in [9.17, 15) is 17.2 Å². The molecule has 0 saturated carbocycles. The predicted molar refractivity (Wildman–Crippen MR) is 78.8 cm³/mol. The normalized spacial score (nSPS) is 20.3. The molecule has 2 aromatic heterocycles. The quantitative estimate of drug-likeness (QED) is 0.884. The SMILES string of the molecule is CS(=O)(=O)N1CCCC(Nc2ccc3nnc(C(F)F)n3n2)C1. The molecular weight excluding hydrogens is 330 g/mol. The van der Waals surface area contributed by atoms with Gasteiger partial charge in [-0.3, -0.25) is 0 Å². The van der Waals surface area contributed by atoms with Crippen LogP contribution < -0.4 is 5.32 Å². The number of piperidine rings is 1. The van der Waals surface area contributed by atoms with Crippen LogP contribution >= 0.6 is 0 Å². The fourth-order valence-electron chi connectivity index (χ4n) is 2.59. The van der Waals surface area contributed by atoms with E-state index < -0.39 is 22.3 Å². The highest BCUT2D eigenvalue weighted by Crippen LogP contribution is 2.19. The first kappa shape index (κ1) is 16.0. The third-order valence-electron chi connectivity index (χ3n) is 3.69. The molecule has 11 heteroatoms. The zero-order valence-corrected chi connectivity index (χ0v) is 13.2. The minimum atomic E-state index is -3.25. The van der Waals surface area contributed by atoms with Crippen LogP contribution in [0.2, 0.25) is 0 Å². The van der Waals surface area contributed by atoms with Crippen LogP contribution in [0.25, 0.3) is 5.65 Å². The molecule has 0 spiro atoms. The minimum Gasteiger partial charge on any atom is -0.365 e. The fourth-order valence-corrected chi connectivity index (χ4v) is 3.50. The van der Waals surface area contributed by atoms with Crippen LogP contribution in [-0.2, 0) is 10.0 Å². The van der Waals surface area contributed by atoms with Crippen molar-refractivity contribution in [2.24, 2.45) is 0 Å². The number of sulfonamides is 1. The Balaban J connectivity index is 1.80. The molecular formula is C12H16F2N6O2S. The summed E-state index contributed by atoms with van der Waals surface area (Å²) in [5, 5.41) is 14.2. The predicted octanol–water partition coefficient (Wildman–Crippen LogP) is 0.898. The standard InChI is InChI=1S/C12H16F2N6O2S/c1-23(21,22)19-6-2-3-8(7-19)15-9-4-5-10-16-17-12(11(13)14)20(10)18-9/h4-5,8,11H,2-3,6-7H2,1H3,(H,15,18). The van der Waals surface area contributed by atoms with Gasteiger partial charge in [0.1, 0.15) is 5.82 Å². The Morgan fingerprint density at radius 2 is 2.13 bits per heavy atom. The maximum atomic E-state index is 12.8. The molecule has 1 unspecified atom stereocenters. The number of halogens is 2. The Hall–Kier alpha value is -1.88. The Bertz CT molecular complexity index is 809. The molecule has 0 radical (unpaired) electrons. The molecule has 23 heavy (non-hydrogen) atoms. The van der Waals surface area contributed by atoms with Crippen LogP contribution in [0.15, 0.2) is 12.1 Å². The zero-order chi connectivity index (χ0) is 16.6. The van der Waals surface area contributed by atoms with Crippen LogP contribution in [0.3, 0.4) is 0 Å².